The lowest BCUT2D eigenvalue weighted by Crippen LogP contribution is -2.56. The molecule has 2 unspecified atom stereocenters. The first-order valence-electron chi connectivity index (χ1n) is 8.21. The number of rotatable bonds is 4. The van der Waals surface area contributed by atoms with Crippen molar-refractivity contribution < 1.29 is 23.5 Å². The number of para-hydroxylation sites is 1. The Morgan fingerprint density at radius 2 is 1.97 bits per heavy atom. The highest BCUT2D eigenvalue weighted by Crippen LogP contribution is 2.42. The van der Waals surface area contributed by atoms with E-state index in [1.807, 2.05) is 5.32 Å². The first-order valence-corrected chi connectivity index (χ1v) is 9.00. The van der Waals surface area contributed by atoms with E-state index in [1.165, 1.54) is 18.4 Å². The normalized spacial score (nSPS) is 23.2. The maximum atomic E-state index is 14.7. The number of amides is 3. The highest BCUT2D eigenvalue weighted by atomic mass is 35.5. The number of halogens is 2. The van der Waals surface area contributed by atoms with Crippen molar-refractivity contribution in [3.63, 3.8) is 0 Å². The Hall–Kier alpha value is -3.01. The fraction of sp³-hybridized carbons (Fsp3) is 0.105. The fourth-order valence-corrected chi connectivity index (χ4v) is 3.25. The lowest BCUT2D eigenvalue weighted by molar-refractivity contribution is -0.0486. The molecule has 3 amide bonds. The molecule has 2 aromatic rings. The second-order valence-corrected chi connectivity index (χ2v) is 7.12. The van der Waals surface area contributed by atoms with Gasteiger partial charge in [0.05, 0.1) is 6.26 Å². The largest absolute Gasteiger partial charge is 0.459 e. The van der Waals surface area contributed by atoms with E-state index in [0.29, 0.717) is 16.8 Å². The molecule has 5 N–H and O–H groups in total. The molecule has 150 valence electrons. The van der Waals surface area contributed by atoms with Gasteiger partial charge in [0.25, 0.3) is 11.8 Å². The van der Waals surface area contributed by atoms with Crippen molar-refractivity contribution >= 4 is 52.0 Å². The molecule has 1 heterocycles. The van der Waals surface area contributed by atoms with Crippen LogP contribution < -0.4 is 16.4 Å². The van der Waals surface area contributed by atoms with Crippen LogP contribution in [0.4, 0.5) is 14.9 Å². The number of hydrogen-bond acceptors (Lipinski definition) is 5. The van der Waals surface area contributed by atoms with Crippen LogP contribution in [0.5, 0.6) is 0 Å². The third-order valence-corrected chi connectivity index (χ3v) is 5.25. The number of urea groups is 1. The first-order chi connectivity index (χ1) is 13.6. The van der Waals surface area contributed by atoms with E-state index < -0.39 is 27.7 Å². The number of carbonyl (C=O) groups excluding carboxylic acids is 2. The number of nitrogens with one attached hydrogen (secondary N) is 2. The molecule has 1 aliphatic carbocycles. The van der Waals surface area contributed by atoms with E-state index >= 15 is 0 Å². The molecule has 0 saturated carbocycles. The zero-order valence-electron chi connectivity index (χ0n) is 14.7. The molecule has 1 aromatic carbocycles. The first kappa shape index (κ1) is 20.7. The predicted octanol–water partition coefficient (Wildman–Crippen LogP) is 3.12. The monoisotopic (exact) mass is 435 g/mol. The summed E-state index contributed by atoms with van der Waals surface area (Å²) in [6.07, 6.45) is 4.59. The van der Waals surface area contributed by atoms with Gasteiger partial charge in [-0.25, -0.2) is 9.18 Å². The van der Waals surface area contributed by atoms with Crippen LogP contribution in [0.15, 0.2) is 65.3 Å². The molecule has 0 radical (unpaired) electrons. The summed E-state index contributed by atoms with van der Waals surface area (Å²) in [5, 5.41) is 14.8. The molecule has 0 aliphatic heterocycles. The Bertz CT molecular complexity index is 1040. The third kappa shape index (κ3) is 4.07. The highest BCUT2D eigenvalue weighted by molar-refractivity contribution is 7.80. The minimum atomic E-state index is -3.09. The third-order valence-electron chi connectivity index (χ3n) is 4.15. The van der Waals surface area contributed by atoms with Crippen molar-refractivity contribution in [2.45, 2.75) is 10.7 Å². The zero-order chi connectivity index (χ0) is 21.2. The Morgan fingerprint density at radius 3 is 2.62 bits per heavy atom. The van der Waals surface area contributed by atoms with Gasteiger partial charge in [0.2, 0.25) is 0 Å². The number of primary amides is 1. The molecule has 29 heavy (non-hydrogen) atoms. The van der Waals surface area contributed by atoms with E-state index in [-0.39, 0.29) is 5.76 Å². The van der Waals surface area contributed by atoms with Crippen molar-refractivity contribution in [3.05, 3.63) is 72.2 Å². The van der Waals surface area contributed by atoms with E-state index in [2.05, 4.69) is 5.32 Å². The Labute approximate surface area is 175 Å². The lowest BCUT2D eigenvalue weighted by atomic mass is 9.87. The van der Waals surface area contributed by atoms with Gasteiger partial charge in [-0.1, -0.05) is 36.5 Å². The molecular formula is C19H15ClFN3O4S. The van der Waals surface area contributed by atoms with Gasteiger partial charge in [0, 0.05) is 11.3 Å². The van der Waals surface area contributed by atoms with Crippen molar-refractivity contribution in [1.29, 1.82) is 0 Å². The van der Waals surface area contributed by atoms with Crippen molar-refractivity contribution in [3.8, 4) is 0 Å². The van der Waals surface area contributed by atoms with E-state index in [9.17, 15) is 19.1 Å². The molecule has 10 heteroatoms. The van der Waals surface area contributed by atoms with Gasteiger partial charge < -0.3 is 25.9 Å². The van der Waals surface area contributed by atoms with Gasteiger partial charge in [-0.05, 0) is 35.9 Å². The quantitative estimate of drug-likeness (QED) is 0.434. The van der Waals surface area contributed by atoms with E-state index in [0.717, 1.165) is 12.2 Å². The van der Waals surface area contributed by atoms with Crippen molar-refractivity contribution in [2.75, 3.05) is 5.32 Å². The molecular weight excluding hydrogens is 421 g/mol. The van der Waals surface area contributed by atoms with E-state index in [1.54, 1.807) is 30.3 Å². The molecule has 0 spiro atoms. The summed E-state index contributed by atoms with van der Waals surface area (Å²) in [5.74, 6) is -3.48. The summed E-state index contributed by atoms with van der Waals surface area (Å²) in [6.45, 7) is 0. The van der Waals surface area contributed by atoms with Gasteiger partial charge in [-0.15, -0.1) is 11.6 Å². The van der Waals surface area contributed by atoms with Crippen LogP contribution in [0.3, 0.4) is 0 Å². The molecule has 3 rings (SSSR count). The second-order valence-electron chi connectivity index (χ2n) is 6.11. The Morgan fingerprint density at radius 1 is 1.24 bits per heavy atom. The fourth-order valence-electron chi connectivity index (χ4n) is 2.72. The minimum Gasteiger partial charge on any atom is -0.459 e. The number of carbonyl (C=O) groups is 2. The number of furan rings is 1. The predicted molar refractivity (Wildman–Crippen MR) is 110 cm³/mol. The van der Waals surface area contributed by atoms with Crippen LogP contribution in [0.25, 0.3) is 5.57 Å². The average molecular weight is 436 g/mol. The zero-order valence-corrected chi connectivity index (χ0v) is 16.3. The molecule has 0 bridgehead atoms. The Balaban J connectivity index is 2.00. The number of allylic oxidation sites excluding steroid dienone is 2. The second kappa shape index (κ2) is 7.78. The molecule has 7 nitrogen and oxygen atoms in total. The number of nitrogens with two attached hydrogens (primary N) is 1. The van der Waals surface area contributed by atoms with Gasteiger partial charge in [-0.3, -0.25) is 4.79 Å². The summed E-state index contributed by atoms with van der Waals surface area (Å²) in [4.78, 5) is 20.6. The van der Waals surface area contributed by atoms with Crippen LogP contribution in [-0.4, -0.2) is 32.8 Å². The summed E-state index contributed by atoms with van der Waals surface area (Å²) in [6, 6.07) is 8.67. The van der Waals surface area contributed by atoms with E-state index in [4.69, 9.17) is 34.0 Å². The topological polar surface area (TPSA) is 118 Å². The molecule has 0 saturated heterocycles. The molecule has 2 atom stereocenters. The minimum absolute atomic E-state index is 0.102. The summed E-state index contributed by atoms with van der Waals surface area (Å²) in [7, 11) is 0. The summed E-state index contributed by atoms with van der Waals surface area (Å²) in [5.41, 5.74) is 6.20. The highest BCUT2D eigenvalue weighted by Gasteiger charge is 2.53. The summed E-state index contributed by atoms with van der Waals surface area (Å²) < 4.78 is 19.8. The smallest absolute Gasteiger partial charge is 0.317 e. The number of alkyl halides is 2. The van der Waals surface area contributed by atoms with Gasteiger partial charge in [0.15, 0.2) is 10.6 Å². The van der Waals surface area contributed by atoms with Crippen LogP contribution in [0.1, 0.15) is 16.1 Å². The molecule has 0 fully saturated rings. The van der Waals surface area contributed by atoms with Crippen LogP contribution in [-0.2, 0) is 0 Å². The number of hydrogen-bond donors (Lipinski definition) is 4. The number of aliphatic hydroxyl groups is 1. The number of anilines is 1. The maximum Gasteiger partial charge on any atom is 0.317 e. The van der Waals surface area contributed by atoms with Crippen LogP contribution in [0.2, 0.25) is 0 Å². The molecule has 1 aromatic heterocycles. The SMILES string of the molecule is NC(=O)NC(=S)C1(Cl)C=C(c2ccccc2NC(=O)c2ccco2)C=CC1(O)F. The molecule has 1 aliphatic rings. The lowest BCUT2D eigenvalue weighted by Gasteiger charge is -2.36. The standard InChI is InChI=1S/C19H15ClFN3O4S/c20-18(16(29)24-17(22)26)10-11(7-8-19(18,21)27)12-4-1-2-5-13(12)23-15(25)14-6-3-9-28-14/h1-10,27H,(H,23,25)(H3,22,24,26,29). The Kier molecular flexibility index (Phi) is 5.56. The average Bonchev–Trinajstić information content (AvgIpc) is 3.19. The van der Waals surface area contributed by atoms with Gasteiger partial charge >= 0.3 is 6.03 Å². The number of thiocarbonyl (C=S) groups is 1. The van der Waals surface area contributed by atoms with Crippen LogP contribution in [0, 0.1) is 0 Å². The van der Waals surface area contributed by atoms with Gasteiger partial charge in [0.1, 0.15) is 4.99 Å². The van der Waals surface area contributed by atoms with Crippen LogP contribution >= 0.6 is 23.8 Å². The van der Waals surface area contributed by atoms with Gasteiger partial charge in [-0.2, -0.15) is 0 Å². The van der Waals surface area contributed by atoms with Crippen molar-refractivity contribution in [1.82, 2.24) is 5.32 Å². The summed E-state index contributed by atoms with van der Waals surface area (Å²) >= 11 is 11.2. The number of benzene rings is 1. The van der Waals surface area contributed by atoms with Crippen molar-refractivity contribution in [2.24, 2.45) is 5.73 Å². The maximum absolute atomic E-state index is 14.7.